The van der Waals surface area contributed by atoms with E-state index in [0.717, 1.165) is 0 Å². The summed E-state index contributed by atoms with van der Waals surface area (Å²) >= 11 is 0. The maximum Gasteiger partial charge on any atom is 0.231 e. The third-order valence-corrected chi connectivity index (χ3v) is 4.52. The molecule has 2 atom stereocenters. The van der Waals surface area contributed by atoms with Gasteiger partial charge in [-0.2, -0.15) is 0 Å². The number of hydrogen-bond donors (Lipinski definition) is 2. The Morgan fingerprint density at radius 3 is 2.84 bits per heavy atom. The fourth-order valence-electron chi connectivity index (χ4n) is 2.95. The van der Waals surface area contributed by atoms with Gasteiger partial charge in [0.05, 0.1) is 17.3 Å². The highest BCUT2D eigenvalue weighted by molar-refractivity contribution is 6.00. The van der Waals surface area contributed by atoms with Crippen molar-refractivity contribution in [3.63, 3.8) is 0 Å². The Bertz CT molecular complexity index is 998. The first-order valence-electron chi connectivity index (χ1n) is 7.90. The predicted molar refractivity (Wildman–Crippen MR) is 92.2 cm³/mol. The Balaban J connectivity index is 1.77. The molecule has 0 spiro atoms. The molecule has 1 amide bonds. The van der Waals surface area contributed by atoms with Gasteiger partial charge in [0.2, 0.25) is 5.91 Å². The molecule has 0 saturated heterocycles. The number of nitrogens with two attached hydrogens (primary N) is 1. The maximum absolute atomic E-state index is 14.7. The Labute approximate surface area is 142 Å². The zero-order valence-electron chi connectivity index (χ0n) is 13.5. The molecule has 3 aromatic rings. The number of nitrogens with zero attached hydrogens (tertiary/aromatic N) is 2. The fraction of sp³-hybridized carbons (Fsp3) is 0.222. The van der Waals surface area contributed by atoms with Crippen LogP contribution >= 0.6 is 0 Å². The minimum absolute atomic E-state index is 0.00471. The lowest BCUT2D eigenvalue weighted by Crippen LogP contribution is -2.15. The van der Waals surface area contributed by atoms with Crippen molar-refractivity contribution in [2.75, 3.05) is 11.1 Å². The summed E-state index contributed by atoms with van der Waals surface area (Å²) in [7, 11) is 1.82. The number of alkyl halides is 1. The van der Waals surface area contributed by atoms with E-state index < -0.39 is 23.8 Å². The molecule has 2 heterocycles. The maximum atomic E-state index is 14.7. The lowest BCUT2D eigenvalue weighted by atomic mass is 10.0. The van der Waals surface area contributed by atoms with Gasteiger partial charge in [0.25, 0.3) is 0 Å². The predicted octanol–water partition coefficient (Wildman–Crippen LogP) is 3.26. The summed E-state index contributed by atoms with van der Waals surface area (Å²) in [5.41, 5.74) is 7.00. The lowest BCUT2D eigenvalue weighted by Gasteiger charge is -2.12. The van der Waals surface area contributed by atoms with E-state index in [0.29, 0.717) is 27.8 Å². The minimum Gasteiger partial charge on any atom is -0.396 e. The second-order valence-corrected chi connectivity index (χ2v) is 6.29. The van der Waals surface area contributed by atoms with Crippen molar-refractivity contribution in [2.45, 2.75) is 12.6 Å². The van der Waals surface area contributed by atoms with Crippen LogP contribution in [0.1, 0.15) is 6.42 Å². The van der Waals surface area contributed by atoms with Gasteiger partial charge in [0.15, 0.2) is 5.82 Å². The molecule has 1 saturated carbocycles. The van der Waals surface area contributed by atoms with Crippen molar-refractivity contribution in [3.8, 4) is 11.3 Å². The number of hydrogen-bond acceptors (Lipinski definition) is 3. The van der Waals surface area contributed by atoms with E-state index in [1.165, 1.54) is 6.20 Å². The molecule has 1 aliphatic carbocycles. The van der Waals surface area contributed by atoms with Crippen LogP contribution in [0.25, 0.3) is 22.0 Å². The number of aryl methyl sites for hydroxylation is 1. The van der Waals surface area contributed by atoms with E-state index in [1.807, 2.05) is 19.3 Å². The average molecular weight is 342 g/mol. The normalized spacial score (nSPS) is 19.2. The van der Waals surface area contributed by atoms with Crippen LogP contribution < -0.4 is 11.1 Å². The summed E-state index contributed by atoms with van der Waals surface area (Å²) in [6, 6.07) is 6.90. The van der Waals surface area contributed by atoms with Crippen LogP contribution in [0.5, 0.6) is 0 Å². The summed E-state index contributed by atoms with van der Waals surface area (Å²) in [4.78, 5) is 15.9. The van der Waals surface area contributed by atoms with Crippen molar-refractivity contribution >= 4 is 28.2 Å². The monoisotopic (exact) mass is 342 g/mol. The van der Waals surface area contributed by atoms with Gasteiger partial charge in [0, 0.05) is 30.4 Å². The smallest absolute Gasteiger partial charge is 0.231 e. The van der Waals surface area contributed by atoms with Crippen molar-refractivity contribution in [1.29, 1.82) is 0 Å². The Hall–Kier alpha value is -2.96. The first-order valence-corrected chi connectivity index (χ1v) is 7.90. The van der Waals surface area contributed by atoms with Gasteiger partial charge in [0.1, 0.15) is 12.0 Å². The Morgan fingerprint density at radius 1 is 1.44 bits per heavy atom. The van der Waals surface area contributed by atoms with Crippen LogP contribution in [0.4, 0.5) is 20.3 Å². The molecule has 1 unspecified atom stereocenters. The van der Waals surface area contributed by atoms with Gasteiger partial charge < -0.3 is 15.6 Å². The average Bonchev–Trinajstić information content (AvgIpc) is 3.17. The lowest BCUT2D eigenvalue weighted by molar-refractivity contribution is -0.117. The number of halogens is 2. The molecule has 0 bridgehead atoms. The van der Waals surface area contributed by atoms with Crippen LogP contribution in [-0.2, 0) is 11.8 Å². The number of amides is 1. The third-order valence-electron chi connectivity index (χ3n) is 4.52. The Kier molecular flexibility index (Phi) is 3.45. The molecular weight excluding hydrogens is 326 g/mol. The first-order chi connectivity index (χ1) is 12.0. The standard InChI is InChI=1S/C18H16F2N4O/c1-24-4-2-3-14(24)11-5-9-6-15(23-18(25)10-7-13(10)19)22-8-12(9)17(21)16(11)20/h2-6,8,10,13H,7,21H2,1H3,(H,22,23,25)/t10?,13-/m0/s1. The van der Waals surface area contributed by atoms with Crippen molar-refractivity contribution < 1.29 is 13.6 Å². The first kappa shape index (κ1) is 15.6. The molecule has 25 heavy (non-hydrogen) atoms. The largest absolute Gasteiger partial charge is 0.396 e. The molecular formula is C18H16F2N4O. The van der Waals surface area contributed by atoms with Crippen LogP contribution in [-0.4, -0.2) is 21.6 Å². The number of fused-ring (bicyclic) bond motifs is 1. The van der Waals surface area contributed by atoms with Gasteiger partial charge in [-0.05, 0) is 36.1 Å². The third kappa shape index (κ3) is 2.61. The van der Waals surface area contributed by atoms with E-state index in [-0.39, 0.29) is 12.1 Å². The fourth-order valence-corrected chi connectivity index (χ4v) is 2.95. The molecule has 4 rings (SSSR count). The number of carbonyl (C=O) groups is 1. The molecule has 0 aliphatic heterocycles. The molecule has 3 N–H and O–H groups in total. The summed E-state index contributed by atoms with van der Waals surface area (Å²) in [5.74, 6) is -1.21. The number of nitrogen functional groups attached to an aromatic ring is 1. The van der Waals surface area contributed by atoms with Gasteiger partial charge in [-0.15, -0.1) is 0 Å². The van der Waals surface area contributed by atoms with E-state index in [1.54, 1.807) is 22.8 Å². The number of pyridine rings is 1. The van der Waals surface area contributed by atoms with Crippen molar-refractivity contribution in [2.24, 2.45) is 13.0 Å². The number of aromatic nitrogens is 2. The summed E-state index contributed by atoms with van der Waals surface area (Å²) in [6.45, 7) is 0. The van der Waals surface area contributed by atoms with Gasteiger partial charge in [-0.25, -0.2) is 13.8 Å². The van der Waals surface area contributed by atoms with Crippen LogP contribution in [0.2, 0.25) is 0 Å². The van der Waals surface area contributed by atoms with E-state index in [2.05, 4.69) is 10.3 Å². The molecule has 1 fully saturated rings. The highest BCUT2D eigenvalue weighted by Crippen LogP contribution is 2.36. The second-order valence-electron chi connectivity index (χ2n) is 6.29. The van der Waals surface area contributed by atoms with Crippen molar-refractivity contribution in [3.05, 3.63) is 42.5 Å². The highest BCUT2D eigenvalue weighted by Gasteiger charge is 2.43. The summed E-state index contributed by atoms with van der Waals surface area (Å²) in [5, 5.41) is 3.70. The summed E-state index contributed by atoms with van der Waals surface area (Å²) in [6.07, 6.45) is 2.40. The Morgan fingerprint density at radius 2 is 2.20 bits per heavy atom. The second kappa shape index (κ2) is 5.54. The summed E-state index contributed by atoms with van der Waals surface area (Å²) < 4.78 is 29.4. The van der Waals surface area contributed by atoms with E-state index in [4.69, 9.17) is 5.73 Å². The SMILES string of the molecule is Cn1cccc1-c1cc2cc(NC(=O)C3C[C@@H]3F)ncc2c(N)c1F. The molecule has 1 aliphatic rings. The van der Waals surface area contributed by atoms with E-state index in [9.17, 15) is 13.6 Å². The highest BCUT2D eigenvalue weighted by atomic mass is 19.1. The molecule has 7 heteroatoms. The van der Waals surface area contributed by atoms with Gasteiger partial charge in [-0.1, -0.05) is 0 Å². The number of anilines is 2. The number of carbonyl (C=O) groups excluding carboxylic acids is 1. The molecule has 128 valence electrons. The topological polar surface area (TPSA) is 72.9 Å². The van der Waals surface area contributed by atoms with Gasteiger partial charge >= 0.3 is 0 Å². The molecule has 1 aromatic carbocycles. The number of nitrogens with one attached hydrogen (secondary N) is 1. The van der Waals surface area contributed by atoms with Crippen LogP contribution in [0.15, 0.2) is 36.7 Å². The molecule has 0 radical (unpaired) electrons. The minimum atomic E-state index is -1.07. The van der Waals surface area contributed by atoms with Crippen molar-refractivity contribution in [1.82, 2.24) is 9.55 Å². The van der Waals surface area contributed by atoms with Crippen LogP contribution in [0, 0.1) is 11.7 Å². The zero-order chi connectivity index (χ0) is 17.7. The molecule has 5 nitrogen and oxygen atoms in total. The van der Waals surface area contributed by atoms with Gasteiger partial charge in [-0.3, -0.25) is 4.79 Å². The zero-order valence-corrected chi connectivity index (χ0v) is 13.5. The van der Waals surface area contributed by atoms with E-state index >= 15 is 0 Å². The van der Waals surface area contributed by atoms with Crippen LogP contribution in [0.3, 0.4) is 0 Å². The number of benzene rings is 1. The molecule has 2 aromatic heterocycles. The number of rotatable bonds is 3. The quantitative estimate of drug-likeness (QED) is 0.718.